The third-order valence-electron chi connectivity index (χ3n) is 1.48. The SMILES string of the molecule is CC(C)(CO)CC(N)CO. The van der Waals surface area contributed by atoms with Crippen LogP contribution in [0.5, 0.6) is 0 Å². The minimum absolute atomic E-state index is 0.0105. The summed E-state index contributed by atoms with van der Waals surface area (Å²) in [6, 6.07) is -0.206. The summed E-state index contributed by atoms with van der Waals surface area (Å²) in [5, 5.41) is 17.4. The summed E-state index contributed by atoms with van der Waals surface area (Å²) >= 11 is 0. The van der Waals surface area contributed by atoms with E-state index in [0.29, 0.717) is 6.42 Å². The van der Waals surface area contributed by atoms with E-state index < -0.39 is 0 Å². The zero-order chi connectivity index (χ0) is 8.20. The van der Waals surface area contributed by atoms with Crippen LogP contribution in [0.2, 0.25) is 0 Å². The molecule has 3 nitrogen and oxygen atoms in total. The lowest BCUT2D eigenvalue weighted by atomic mass is 9.87. The quantitative estimate of drug-likeness (QED) is 0.512. The van der Waals surface area contributed by atoms with Gasteiger partial charge in [0.2, 0.25) is 0 Å². The molecule has 0 aliphatic heterocycles. The molecule has 0 aromatic rings. The second-order valence-corrected chi connectivity index (χ2v) is 3.47. The maximum Gasteiger partial charge on any atom is 0.0582 e. The third kappa shape index (κ3) is 3.82. The van der Waals surface area contributed by atoms with Crippen LogP contribution < -0.4 is 5.73 Å². The van der Waals surface area contributed by atoms with E-state index in [1.807, 2.05) is 13.8 Å². The molecule has 0 fully saturated rings. The molecule has 0 bridgehead atoms. The first kappa shape index (κ1) is 9.88. The van der Waals surface area contributed by atoms with E-state index in [1.165, 1.54) is 0 Å². The molecule has 1 unspecified atom stereocenters. The maximum atomic E-state index is 8.80. The fourth-order valence-electron chi connectivity index (χ4n) is 0.839. The molecule has 4 N–H and O–H groups in total. The number of aliphatic hydroxyl groups excluding tert-OH is 2. The molecular formula is C7H17NO2. The van der Waals surface area contributed by atoms with Crippen LogP contribution in [0.3, 0.4) is 0 Å². The summed E-state index contributed by atoms with van der Waals surface area (Å²) in [6.45, 7) is 3.94. The largest absolute Gasteiger partial charge is 0.396 e. The van der Waals surface area contributed by atoms with Gasteiger partial charge in [0.1, 0.15) is 0 Å². The Morgan fingerprint density at radius 3 is 2.20 bits per heavy atom. The van der Waals surface area contributed by atoms with Gasteiger partial charge in [-0.05, 0) is 11.8 Å². The van der Waals surface area contributed by atoms with Gasteiger partial charge in [-0.1, -0.05) is 13.8 Å². The highest BCUT2D eigenvalue weighted by Crippen LogP contribution is 2.19. The van der Waals surface area contributed by atoms with Gasteiger partial charge >= 0.3 is 0 Å². The standard InChI is InChI=1S/C7H17NO2/c1-7(2,5-10)3-6(8)4-9/h6,9-10H,3-5,8H2,1-2H3. The van der Waals surface area contributed by atoms with Crippen molar-refractivity contribution < 1.29 is 10.2 Å². The predicted octanol–water partition coefficient (Wildman–Crippen LogP) is -0.285. The molecule has 0 aliphatic rings. The fourth-order valence-corrected chi connectivity index (χ4v) is 0.839. The van der Waals surface area contributed by atoms with Crippen molar-refractivity contribution in [1.29, 1.82) is 0 Å². The van der Waals surface area contributed by atoms with Crippen LogP contribution in [0.4, 0.5) is 0 Å². The van der Waals surface area contributed by atoms with Gasteiger partial charge in [-0.3, -0.25) is 0 Å². The van der Waals surface area contributed by atoms with Gasteiger partial charge in [-0.25, -0.2) is 0 Å². The Hall–Kier alpha value is -0.120. The summed E-state index contributed by atoms with van der Waals surface area (Å²) < 4.78 is 0. The summed E-state index contributed by atoms with van der Waals surface area (Å²) in [5.74, 6) is 0. The number of aliphatic hydroxyl groups is 2. The highest BCUT2D eigenvalue weighted by Gasteiger charge is 2.19. The Balaban J connectivity index is 3.64. The van der Waals surface area contributed by atoms with E-state index >= 15 is 0 Å². The van der Waals surface area contributed by atoms with Gasteiger partial charge in [0, 0.05) is 12.6 Å². The normalized spacial score (nSPS) is 15.3. The van der Waals surface area contributed by atoms with Gasteiger partial charge in [0.15, 0.2) is 0 Å². The summed E-state index contributed by atoms with van der Waals surface area (Å²) in [4.78, 5) is 0. The third-order valence-corrected chi connectivity index (χ3v) is 1.48. The van der Waals surface area contributed by atoms with Crippen LogP contribution in [0.15, 0.2) is 0 Å². The van der Waals surface area contributed by atoms with Crippen LogP contribution in [0, 0.1) is 5.41 Å². The molecule has 1 atom stereocenters. The Kier molecular flexibility index (Phi) is 3.86. The molecule has 0 aromatic heterocycles. The molecule has 0 radical (unpaired) electrons. The Labute approximate surface area is 61.9 Å². The average molecular weight is 147 g/mol. The van der Waals surface area contributed by atoms with Crippen LogP contribution in [0.1, 0.15) is 20.3 Å². The van der Waals surface area contributed by atoms with Gasteiger partial charge in [0.05, 0.1) is 6.61 Å². The monoisotopic (exact) mass is 147 g/mol. The van der Waals surface area contributed by atoms with Gasteiger partial charge in [-0.15, -0.1) is 0 Å². The van der Waals surface area contributed by atoms with Gasteiger partial charge in [0.25, 0.3) is 0 Å². The van der Waals surface area contributed by atoms with Gasteiger partial charge in [-0.2, -0.15) is 0 Å². The zero-order valence-corrected chi connectivity index (χ0v) is 6.67. The molecule has 0 amide bonds. The summed E-state index contributed by atoms with van der Waals surface area (Å²) in [6.07, 6.45) is 0.653. The number of rotatable bonds is 4. The number of hydrogen-bond donors (Lipinski definition) is 3. The molecule has 0 heterocycles. The highest BCUT2D eigenvalue weighted by molar-refractivity contribution is 4.73. The molecule has 0 saturated heterocycles. The molecule has 0 aliphatic carbocycles. The van der Waals surface area contributed by atoms with Crippen molar-refractivity contribution in [2.75, 3.05) is 13.2 Å². The fraction of sp³-hybridized carbons (Fsp3) is 1.00. The van der Waals surface area contributed by atoms with Crippen molar-refractivity contribution in [2.24, 2.45) is 11.1 Å². The molecule has 0 saturated carbocycles. The van der Waals surface area contributed by atoms with Crippen molar-refractivity contribution >= 4 is 0 Å². The molecule has 0 aromatic carbocycles. The van der Waals surface area contributed by atoms with Crippen molar-refractivity contribution in [3.63, 3.8) is 0 Å². The highest BCUT2D eigenvalue weighted by atomic mass is 16.3. The number of hydrogen-bond acceptors (Lipinski definition) is 3. The van der Waals surface area contributed by atoms with Crippen molar-refractivity contribution in [3.05, 3.63) is 0 Å². The summed E-state index contributed by atoms with van der Waals surface area (Å²) in [7, 11) is 0. The molecule has 0 rings (SSSR count). The minimum atomic E-state index is -0.206. The summed E-state index contributed by atoms with van der Waals surface area (Å²) in [5.41, 5.74) is 5.31. The Bertz CT molecular complexity index is 93.6. The van der Waals surface area contributed by atoms with Crippen molar-refractivity contribution in [1.82, 2.24) is 0 Å². The van der Waals surface area contributed by atoms with E-state index in [4.69, 9.17) is 15.9 Å². The van der Waals surface area contributed by atoms with Crippen molar-refractivity contribution in [2.45, 2.75) is 26.3 Å². The van der Waals surface area contributed by atoms with E-state index in [1.54, 1.807) is 0 Å². The first-order valence-electron chi connectivity index (χ1n) is 3.49. The number of nitrogens with two attached hydrogens (primary N) is 1. The molecule has 3 heteroatoms. The van der Waals surface area contributed by atoms with E-state index in [-0.39, 0.29) is 24.7 Å². The minimum Gasteiger partial charge on any atom is -0.396 e. The van der Waals surface area contributed by atoms with E-state index in [9.17, 15) is 0 Å². The second kappa shape index (κ2) is 3.91. The van der Waals surface area contributed by atoms with Crippen LogP contribution in [0.25, 0.3) is 0 Å². The molecule has 62 valence electrons. The van der Waals surface area contributed by atoms with Crippen LogP contribution in [-0.2, 0) is 0 Å². The van der Waals surface area contributed by atoms with Crippen molar-refractivity contribution in [3.8, 4) is 0 Å². The van der Waals surface area contributed by atoms with Gasteiger partial charge < -0.3 is 15.9 Å². The topological polar surface area (TPSA) is 66.5 Å². The average Bonchev–Trinajstić information content (AvgIpc) is 1.87. The van der Waals surface area contributed by atoms with Crippen LogP contribution >= 0.6 is 0 Å². The zero-order valence-electron chi connectivity index (χ0n) is 6.67. The first-order valence-corrected chi connectivity index (χ1v) is 3.49. The van der Waals surface area contributed by atoms with Crippen LogP contribution in [-0.4, -0.2) is 29.5 Å². The lowest BCUT2D eigenvalue weighted by Gasteiger charge is -2.24. The first-order chi connectivity index (χ1) is 4.52. The Morgan fingerprint density at radius 1 is 1.40 bits per heavy atom. The molecule has 10 heavy (non-hydrogen) atoms. The second-order valence-electron chi connectivity index (χ2n) is 3.47. The van der Waals surface area contributed by atoms with E-state index in [2.05, 4.69) is 0 Å². The Morgan fingerprint density at radius 2 is 1.90 bits per heavy atom. The lowest BCUT2D eigenvalue weighted by molar-refractivity contribution is 0.128. The maximum absolute atomic E-state index is 8.80. The lowest BCUT2D eigenvalue weighted by Crippen LogP contribution is -2.32. The van der Waals surface area contributed by atoms with E-state index in [0.717, 1.165) is 0 Å². The predicted molar refractivity (Wildman–Crippen MR) is 40.5 cm³/mol. The smallest absolute Gasteiger partial charge is 0.0582 e. The molecule has 0 spiro atoms. The molecular weight excluding hydrogens is 130 g/mol.